The molecule has 0 bridgehead atoms. The van der Waals surface area contributed by atoms with Crippen LogP contribution in [0.25, 0.3) is 5.65 Å². The van der Waals surface area contributed by atoms with Crippen LogP contribution < -0.4 is 14.4 Å². The van der Waals surface area contributed by atoms with E-state index in [4.69, 9.17) is 9.47 Å². The van der Waals surface area contributed by atoms with Gasteiger partial charge in [0.1, 0.15) is 0 Å². The maximum atomic E-state index is 5.54. The second kappa shape index (κ2) is 6.47. The van der Waals surface area contributed by atoms with Crippen molar-refractivity contribution in [1.29, 1.82) is 0 Å². The Bertz CT molecular complexity index is 804. The van der Waals surface area contributed by atoms with E-state index in [1.807, 2.05) is 49.2 Å². The standard InChI is InChI=1S/C15H18N6O2/c1-4-23-12-6-5-11(9-13(12)22-3)10-20(2)15-8-7-14-16-18-19-21(14)17-15/h5-9H,4,10H2,1-3H3. The van der Waals surface area contributed by atoms with Crippen LogP contribution in [0.2, 0.25) is 0 Å². The lowest BCUT2D eigenvalue weighted by atomic mass is 10.2. The van der Waals surface area contributed by atoms with Gasteiger partial charge in [-0.3, -0.25) is 0 Å². The van der Waals surface area contributed by atoms with E-state index in [1.54, 1.807) is 7.11 Å². The van der Waals surface area contributed by atoms with Crippen molar-refractivity contribution >= 4 is 11.5 Å². The average Bonchev–Trinajstić information content (AvgIpc) is 3.04. The summed E-state index contributed by atoms with van der Waals surface area (Å²) in [5.41, 5.74) is 1.70. The molecule has 2 aromatic heterocycles. The number of nitrogens with zero attached hydrogens (tertiary/aromatic N) is 6. The lowest BCUT2D eigenvalue weighted by Crippen LogP contribution is -2.19. The zero-order valence-electron chi connectivity index (χ0n) is 13.3. The number of aromatic nitrogens is 5. The number of hydrogen-bond donors (Lipinski definition) is 0. The summed E-state index contributed by atoms with van der Waals surface area (Å²) in [5, 5.41) is 15.6. The van der Waals surface area contributed by atoms with Gasteiger partial charge in [0, 0.05) is 13.6 Å². The van der Waals surface area contributed by atoms with Gasteiger partial charge in [0.25, 0.3) is 0 Å². The molecule has 3 rings (SSSR count). The van der Waals surface area contributed by atoms with E-state index < -0.39 is 0 Å². The molecule has 0 saturated carbocycles. The highest BCUT2D eigenvalue weighted by molar-refractivity contribution is 5.47. The van der Waals surface area contributed by atoms with Crippen LogP contribution in [-0.4, -0.2) is 46.0 Å². The molecule has 0 aliphatic carbocycles. The second-order valence-corrected chi connectivity index (χ2v) is 4.99. The number of fused-ring (bicyclic) bond motifs is 1. The molecule has 0 amide bonds. The zero-order valence-corrected chi connectivity index (χ0v) is 13.3. The molecule has 3 aromatic rings. The second-order valence-electron chi connectivity index (χ2n) is 4.99. The molecule has 0 unspecified atom stereocenters. The van der Waals surface area contributed by atoms with Crippen molar-refractivity contribution in [1.82, 2.24) is 25.3 Å². The molecule has 0 saturated heterocycles. The average molecular weight is 314 g/mol. The van der Waals surface area contributed by atoms with Gasteiger partial charge in [-0.1, -0.05) is 6.07 Å². The Hall–Kier alpha value is -2.90. The minimum atomic E-state index is 0.603. The molecule has 0 aliphatic heterocycles. The van der Waals surface area contributed by atoms with Gasteiger partial charge in [-0.2, -0.15) is 0 Å². The van der Waals surface area contributed by atoms with Crippen molar-refractivity contribution in [3.63, 3.8) is 0 Å². The van der Waals surface area contributed by atoms with Gasteiger partial charge in [0.15, 0.2) is 23.0 Å². The zero-order chi connectivity index (χ0) is 16.2. The van der Waals surface area contributed by atoms with Crippen molar-refractivity contribution < 1.29 is 9.47 Å². The van der Waals surface area contributed by atoms with Gasteiger partial charge in [0.05, 0.1) is 13.7 Å². The van der Waals surface area contributed by atoms with Crippen LogP contribution in [0, 0.1) is 0 Å². The molecular weight excluding hydrogens is 296 g/mol. The SMILES string of the molecule is CCOc1ccc(CN(C)c2ccc3nnnn3n2)cc1OC. The molecule has 1 aromatic carbocycles. The Morgan fingerprint density at radius 3 is 2.83 bits per heavy atom. The molecule has 23 heavy (non-hydrogen) atoms. The quantitative estimate of drug-likeness (QED) is 0.683. The van der Waals surface area contributed by atoms with Crippen LogP contribution in [0.5, 0.6) is 11.5 Å². The summed E-state index contributed by atoms with van der Waals surface area (Å²) in [6.45, 7) is 3.22. The Labute approximate surface area is 133 Å². The molecule has 0 spiro atoms. The number of anilines is 1. The van der Waals surface area contributed by atoms with E-state index in [2.05, 4.69) is 20.6 Å². The Kier molecular flexibility index (Phi) is 4.22. The number of benzene rings is 1. The molecule has 0 atom stereocenters. The van der Waals surface area contributed by atoms with Crippen LogP contribution in [0.3, 0.4) is 0 Å². The molecule has 0 radical (unpaired) electrons. The summed E-state index contributed by atoms with van der Waals surface area (Å²) < 4.78 is 12.3. The van der Waals surface area contributed by atoms with E-state index in [-0.39, 0.29) is 0 Å². The van der Waals surface area contributed by atoms with Crippen LogP contribution >= 0.6 is 0 Å². The molecule has 0 N–H and O–H groups in total. The molecule has 120 valence electrons. The number of hydrogen-bond acceptors (Lipinski definition) is 7. The first-order valence-electron chi connectivity index (χ1n) is 7.27. The first-order valence-corrected chi connectivity index (χ1v) is 7.27. The van der Waals surface area contributed by atoms with Crippen molar-refractivity contribution in [2.24, 2.45) is 0 Å². The molecule has 8 nitrogen and oxygen atoms in total. The predicted molar refractivity (Wildman–Crippen MR) is 84.8 cm³/mol. The lowest BCUT2D eigenvalue weighted by Gasteiger charge is -2.18. The van der Waals surface area contributed by atoms with Crippen LogP contribution in [0.4, 0.5) is 5.82 Å². The van der Waals surface area contributed by atoms with E-state index in [0.717, 1.165) is 22.9 Å². The Balaban J connectivity index is 1.80. The topological polar surface area (TPSA) is 77.7 Å². The highest BCUT2D eigenvalue weighted by atomic mass is 16.5. The summed E-state index contributed by atoms with van der Waals surface area (Å²) in [6.07, 6.45) is 0. The van der Waals surface area contributed by atoms with Crippen molar-refractivity contribution in [3.05, 3.63) is 35.9 Å². The van der Waals surface area contributed by atoms with Crippen LogP contribution in [0.15, 0.2) is 30.3 Å². The number of methoxy groups -OCH3 is 1. The largest absolute Gasteiger partial charge is 0.493 e. The lowest BCUT2D eigenvalue weighted by molar-refractivity contribution is 0.310. The van der Waals surface area contributed by atoms with E-state index >= 15 is 0 Å². The van der Waals surface area contributed by atoms with E-state index in [1.165, 1.54) is 4.63 Å². The fourth-order valence-electron chi connectivity index (χ4n) is 2.28. The summed E-state index contributed by atoms with van der Waals surface area (Å²) in [4.78, 5) is 2.01. The van der Waals surface area contributed by atoms with E-state index in [0.29, 0.717) is 18.8 Å². The highest BCUT2D eigenvalue weighted by Crippen LogP contribution is 2.28. The Morgan fingerprint density at radius 1 is 1.17 bits per heavy atom. The summed E-state index contributed by atoms with van der Waals surface area (Å²) in [7, 11) is 3.60. The monoisotopic (exact) mass is 314 g/mol. The third kappa shape index (κ3) is 3.15. The van der Waals surface area contributed by atoms with Gasteiger partial charge in [-0.25, -0.2) is 0 Å². The third-order valence-electron chi connectivity index (χ3n) is 3.39. The molecule has 0 aliphatic rings. The number of ether oxygens (including phenoxy) is 2. The molecular formula is C15H18N6O2. The fraction of sp³-hybridized carbons (Fsp3) is 0.333. The maximum absolute atomic E-state index is 5.54. The fourth-order valence-corrected chi connectivity index (χ4v) is 2.28. The molecule has 8 heteroatoms. The number of rotatable bonds is 6. The van der Waals surface area contributed by atoms with Gasteiger partial charge < -0.3 is 14.4 Å². The third-order valence-corrected chi connectivity index (χ3v) is 3.39. The van der Waals surface area contributed by atoms with Gasteiger partial charge in [-0.15, -0.1) is 14.8 Å². The minimum Gasteiger partial charge on any atom is -0.493 e. The van der Waals surface area contributed by atoms with E-state index in [9.17, 15) is 0 Å². The van der Waals surface area contributed by atoms with Crippen molar-refractivity contribution in [2.45, 2.75) is 13.5 Å². The molecule has 0 fully saturated rings. The number of tetrazole rings is 1. The van der Waals surface area contributed by atoms with Gasteiger partial charge in [-0.05, 0) is 47.2 Å². The summed E-state index contributed by atoms with van der Waals surface area (Å²) >= 11 is 0. The summed E-state index contributed by atoms with van der Waals surface area (Å²) in [6, 6.07) is 9.62. The van der Waals surface area contributed by atoms with Crippen LogP contribution in [-0.2, 0) is 6.54 Å². The maximum Gasteiger partial charge on any atom is 0.200 e. The normalized spacial score (nSPS) is 10.7. The first-order chi connectivity index (χ1) is 11.2. The van der Waals surface area contributed by atoms with Crippen LogP contribution in [0.1, 0.15) is 12.5 Å². The predicted octanol–water partition coefficient (Wildman–Crippen LogP) is 1.56. The molecule has 2 heterocycles. The first kappa shape index (κ1) is 15.0. The Morgan fingerprint density at radius 2 is 2.04 bits per heavy atom. The highest BCUT2D eigenvalue weighted by Gasteiger charge is 2.10. The summed E-state index contributed by atoms with van der Waals surface area (Å²) in [5.74, 6) is 2.24. The minimum absolute atomic E-state index is 0.603. The van der Waals surface area contributed by atoms with Gasteiger partial charge >= 0.3 is 0 Å². The van der Waals surface area contributed by atoms with Gasteiger partial charge in [0.2, 0.25) is 0 Å². The van der Waals surface area contributed by atoms with Crippen molar-refractivity contribution in [2.75, 3.05) is 25.7 Å². The smallest absolute Gasteiger partial charge is 0.200 e. The van der Waals surface area contributed by atoms with Crippen molar-refractivity contribution in [3.8, 4) is 11.5 Å².